The van der Waals surface area contributed by atoms with E-state index in [1.54, 1.807) is 37.5 Å². The predicted octanol–water partition coefficient (Wildman–Crippen LogP) is 3.63. The van der Waals surface area contributed by atoms with E-state index in [2.05, 4.69) is 14.7 Å². The van der Waals surface area contributed by atoms with E-state index in [9.17, 15) is 8.42 Å². The third-order valence-corrected chi connectivity index (χ3v) is 5.97. The molecule has 134 valence electrons. The first-order valence-corrected chi connectivity index (χ1v) is 9.94. The Morgan fingerprint density at radius 2 is 1.69 bits per heavy atom. The van der Waals surface area contributed by atoms with Gasteiger partial charge in [-0.1, -0.05) is 48.0 Å². The number of hydrogen-bond donors (Lipinski definition) is 1. The van der Waals surface area contributed by atoms with Gasteiger partial charge in [-0.3, -0.25) is 0 Å². The van der Waals surface area contributed by atoms with Gasteiger partial charge in [0.25, 0.3) is 0 Å². The van der Waals surface area contributed by atoms with Gasteiger partial charge in [0, 0.05) is 29.5 Å². The molecule has 0 aliphatic rings. The summed E-state index contributed by atoms with van der Waals surface area (Å²) in [5.74, 6) is 0.643. The van der Waals surface area contributed by atoms with Gasteiger partial charge in [-0.05, 0) is 36.6 Å². The average molecular weight is 388 g/mol. The van der Waals surface area contributed by atoms with Crippen LogP contribution in [0.3, 0.4) is 0 Å². The summed E-state index contributed by atoms with van der Waals surface area (Å²) in [7, 11) is -3.61. The van der Waals surface area contributed by atoms with Crippen molar-refractivity contribution in [3.8, 4) is 11.4 Å². The number of benzene rings is 2. The fourth-order valence-corrected chi connectivity index (χ4v) is 4.03. The van der Waals surface area contributed by atoms with Crippen molar-refractivity contribution < 1.29 is 8.42 Å². The first-order valence-electron chi connectivity index (χ1n) is 8.08. The van der Waals surface area contributed by atoms with Crippen molar-refractivity contribution in [2.45, 2.75) is 18.2 Å². The minimum atomic E-state index is -3.61. The topological polar surface area (TPSA) is 72.0 Å². The van der Waals surface area contributed by atoms with Gasteiger partial charge in [0.2, 0.25) is 10.0 Å². The second-order valence-corrected chi connectivity index (χ2v) is 7.93. The molecule has 1 heterocycles. The molecule has 0 atom stereocenters. The largest absolute Gasteiger partial charge is 0.240 e. The standard InChI is InChI=1S/C19H18ClN3O2S/c1-14-17(20)8-5-9-18(14)26(24,25)23-11-10-15-12-21-19(22-13-15)16-6-3-2-4-7-16/h2-9,12-13,23H,10-11H2,1H3. The summed E-state index contributed by atoms with van der Waals surface area (Å²) >= 11 is 6.01. The molecule has 0 saturated carbocycles. The van der Waals surface area contributed by atoms with Crippen LogP contribution >= 0.6 is 11.6 Å². The fraction of sp³-hybridized carbons (Fsp3) is 0.158. The molecule has 3 aromatic rings. The molecule has 0 spiro atoms. The minimum absolute atomic E-state index is 0.195. The molecule has 7 heteroatoms. The maximum absolute atomic E-state index is 12.4. The van der Waals surface area contributed by atoms with Gasteiger partial charge in [-0.2, -0.15) is 0 Å². The fourth-order valence-electron chi connectivity index (χ4n) is 2.51. The maximum Gasteiger partial charge on any atom is 0.240 e. The number of sulfonamides is 1. The summed E-state index contributed by atoms with van der Waals surface area (Å²) in [5.41, 5.74) is 2.34. The molecule has 0 fully saturated rings. The highest BCUT2D eigenvalue weighted by Crippen LogP contribution is 2.22. The van der Waals surface area contributed by atoms with Crippen LogP contribution in [0.15, 0.2) is 65.8 Å². The highest BCUT2D eigenvalue weighted by molar-refractivity contribution is 7.89. The molecule has 0 saturated heterocycles. The number of hydrogen-bond acceptors (Lipinski definition) is 4. The molecule has 0 aliphatic heterocycles. The Labute approximate surface area is 158 Å². The molecule has 0 aliphatic carbocycles. The highest BCUT2D eigenvalue weighted by atomic mass is 35.5. The van der Waals surface area contributed by atoms with Crippen LogP contribution in [0.5, 0.6) is 0 Å². The Morgan fingerprint density at radius 1 is 1.00 bits per heavy atom. The van der Waals surface area contributed by atoms with E-state index in [-0.39, 0.29) is 11.4 Å². The van der Waals surface area contributed by atoms with Crippen LogP contribution in [0.25, 0.3) is 11.4 Å². The molecule has 26 heavy (non-hydrogen) atoms. The lowest BCUT2D eigenvalue weighted by molar-refractivity contribution is 0.581. The Morgan fingerprint density at radius 3 is 2.38 bits per heavy atom. The first kappa shape index (κ1) is 18.5. The van der Waals surface area contributed by atoms with Crippen molar-refractivity contribution in [2.75, 3.05) is 6.54 Å². The lowest BCUT2D eigenvalue weighted by Gasteiger charge is -2.10. The summed E-state index contributed by atoms with van der Waals surface area (Å²) in [5, 5.41) is 0.428. The van der Waals surface area contributed by atoms with Gasteiger partial charge < -0.3 is 0 Å². The van der Waals surface area contributed by atoms with Gasteiger partial charge in [0.1, 0.15) is 0 Å². The number of aromatic nitrogens is 2. The van der Waals surface area contributed by atoms with Crippen molar-refractivity contribution in [3.05, 3.63) is 77.1 Å². The van der Waals surface area contributed by atoms with E-state index in [4.69, 9.17) is 11.6 Å². The van der Waals surface area contributed by atoms with Crippen LogP contribution in [0.2, 0.25) is 5.02 Å². The van der Waals surface area contributed by atoms with Crippen LogP contribution in [0, 0.1) is 6.92 Å². The normalized spacial score (nSPS) is 11.5. The second kappa shape index (κ2) is 7.95. The quantitative estimate of drug-likeness (QED) is 0.701. The predicted molar refractivity (Wildman–Crippen MR) is 103 cm³/mol. The summed E-state index contributed by atoms with van der Waals surface area (Å²) in [6.45, 7) is 1.94. The Bertz CT molecular complexity index is 991. The summed E-state index contributed by atoms with van der Waals surface area (Å²) in [6.07, 6.45) is 3.93. The lowest BCUT2D eigenvalue weighted by atomic mass is 10.2. The van der Waals surface area contributed by atoms with Crippen molar-refractivity contribution in [1.29, 1.82) is 0 Å². The van der Waals surface area contributed by atoms with Gasteiger partial charge in [-0.25, -0.2) is 23.1 Å². The SMILES string of the molecule is Cc1c(Cl)cccc1S(=O)(=O)NCCc1cnc(-c2ccccc2)nc1. The smallest absolute Gasteiger partial charge is 0.236 e. The summed E-state index contributed by atoms with van der Waals surface area (Å²) < 4.78 is 27.5. The van der Waals surface area contributed by atoms with Crippen molar-refractivity contribution >= 4 is 21.6 Å². The Balaban J connectivity index is 1.63. The van der Waals surface area contributed by atoms with Crippen molar-refractivity contribution in [2.24, 2.45) is 0 Å². The number of nitrogens with one attached hydrogen (secondary N) is 1. The molecule has 1 aromatic heterocycles. The minimum Gasteiger partial charge on any atom is -0.236 e. The molecule has 5 nitrogen and oxygen atoms in total. The van der Waals surface area contributed by atoms with Crippen LogP contribution in [0.4, 0.5) is 0 Å². The van der Waals surface area contributed by atoms with Gasteiger partial charge in [0.15, 0.2) is 5.82 Å². The van der Waals surface area contributed by atoms with Gasteiger partial charge >= 0.3 is 0 Å². The van der Waals surface area contributed by atoms with E-state index in [0.717, 1.165) is 11.1 Å². The zero-order valence-corrected chi connectivity index (χ0v) is 15.8. The van der Waals surface area contributed by atoms with Crippen LogP contribution < -0.4 is 4.72 Å². The third kappa shape index (κ3) is 4.27. The molecule has 0 amide bonds. The van der Waals surface area contributed by atoms with Crippen LogP contribution in [0.1, 0.15) is 11.1 Å². The van der Waals surface area contributed by atoms with E-state index in [1.165, 1.54) is 0 Å². The molecule has 0 bridgehead atoms. The van der Waals surface area contributed by atoms with Crippen molar-refractivity contribution in [3.63, 3.8) is 0 Å². The molecule has 0 radical (unpaired) electrons. The van der Waals surface area contributed by atoms with Gasteiger partial charge in [0.05, 0.1) is 4.90 Å². The molecular formula is C19H18ClN3O2S. The van der Waals surface area contributed by atoms with Gasteiger partial charge in [-0.15, -0.1) is 0 Å². The molecule has 0 unspecified atom stereocenters. The zero-order valence-electron chi connectivity index (χ0n) is 14.2. The second-order valence-electron chi connectivity index (χ2n) is 5.79. The monoisotopic (exact) mass is 387 g/mol. The summed E-state index contributed by atoms with van der Waals surface area (Å²) in [4.78, 5) is 8.88. The van der Waals surface area contributed by atoms with E-state index in [1.807, 2.05) is 30.3 Å². The molecule has 1 N–H and O–H groups in total. The van der Waals surface area contributed by atoms with Crippen molar-refractivity contribution in [1.82, 2.24) is 14.7 Å². The van der Waals surface area contributed by atoms with Crippen LogP contribution in [-0.2, 0) is 16.4 Å². The third-order valence-electron chi connectivity index (χ3n) is 3.95. The summed E-state index contributed by atoms with van der Waals surface area (Å²) in [6, 6.07) is 14.5. The van der Waals surface area contributed by atoms with E-state index in [0.29, 0.717) is 22.8 Å². The van der Waals surface area contributed by atoms with E-state index < -0.39 is 10.0 Å². The first-order chi connectivity index (χ1) is 12.5. The zero-order chi connectivity index (χ0) is 18.6. The van der Waals surface area contributed by atoms with Crippen LogP contribution in [-0.4, -0.2) is 24.9 Å². The maximum atomic E-state index is 12.4. The molecule has 3 rings (SSSR count). The Hall–Kier alpha value is -2.28. The number of halogens is 1. The lowest BCUT2D eigenvalue weighted by Crippen LogP contribution is -2.26. The molecular weight excluding hydrogens is 370 g/mol. The van der Waals surface area contributed by atoms with E-state index >= 15 is 0 Å². The Kier molecular flexibility index (Phi) is 5.66. The highest BCUT2D eigenvalue weighted by Gasteiger charge is 2.17. The number of rotatable bonds is 6. The molecule has 2 aromatic carbocycles. The average Bonchev–Trinajstić information content (AvgIpc) is 2.65. The number of nitrogens with zero attached hydrogens (tertiary/aromatic N) is 2.